The Labute approximate surface area is 104 Å². The van der Waals surface area contributed by atoms with E-state index in [-0.39, 0.29) is 6.10 Å². The molecule has 2 nitrogen and oxygen atoms in total. The number of aliphatic hydroxyl groups excluding tert-OH is 1. The SMILES string of the molecule is C/C=C\C(=C/C)NCC(O)Cc1ccccc1. The first-order valence-electron chi connectivity index (χ1n) is 6.01. The minimum atomic E-state index is -0.363. The van der Waals surface area contributed by atoms with Crippen LogP contribution in [0.2, 0.25) is 0 Å². The van der Waals surface area contributed by atoms with Gasteiger partial charge in [-0.25, -0.2) is 0 Å². The van der Waals surface area contributed by atoms with Crippen molar-refractivity contribution in [1.29, 1.82) is 0 Å². The average molecular weight is 231 g/mol. The van der Waals surface area contributed by atoms with E-state index in [2.05, 4.69) is 5.32 Å². The second-order valence-corrected chi connectivity index (χ2v) is 3.97. The standard InChI is InChI=1S/C15H21NO/c1-3-8-14(4-2)16-12-15(17)11-13-9-6-5-7-10-13/h3-10,15-17H,11-12H2,1-2H3/b8-3-,14-4+. The number of hydrogen-bond acceptors (Lipinski definition) is 2. The topological polar surface area (TPSA) is 32.3 Å². The molecule has 0 heterocycles. The molecule has 0 aliphatic carbocycles. The molecule has 0 bridgehead atoms. The number of nitrogens with one attached hydrogen (secondary N) is 1. The molecule has 0 fully saturated rings. The van der Waals surface area contributed by atoms with Crippen LogP contribution in [0.15, 0.2) is 54.3 Å². The number of rotatable bonds is 6. The minimum Gasteiger partial charge on any atom is -0.391 e. The van der Waals surface area contributed by atoms with Gasteiger partial charge in [-0.3, -0.25) is 0 Å². The number of aliphatic hydroxyl groups is 1. The molecule has 0 amide bonds. The molecular formula is C15H21NO. The molecule has 2 N–H and O–H groups in total. The fraction of sp³-hybridized carbons (Fsp3) is 0.333. The Hall–Kier alpha value is -1.54. The van der Waals surface area contributed by atoms with Crippen molar-refractivity contribution in [3.8, 4) is 0 Å². The summed E-state index contributed by atoms with van der Waals surface area (Å²) in [5.74, 6) is 0. The average Bonchev–Trinajstić information content (AvgIpc) is 2.35. The minimum absolute atomic E-state index is 0.363. The fourth-order valence-electron chi connectivity index (χ4n) is 1.63. The largest absolute Gasteiger partial charge is 0.391 e. The zero-order valence-corrected chi connectivity index (χ0v) is 10.6. The number of allylic oxidation sites excluding steroid dienone is 3. The molecule has 1 aromatic carbocycles. The summed E-state index contributed by atoms with van der Waals surface area (Å²) in [4.78, 5) is 0. The molecule has 2 heteroatoms. The van der Waals surface area contributed by atoms with E-state index in [1.807, 2.05) is 62.4 Å². The van der Waals surface area contributed by atoms with Crippen molar-refractivity contribution < 1.29 is 5.11 Å². The smallest absolute Gasteiger partial charge is 0.0752 e. The van der Waals surface area contributed by atoms with Gasteiger partial charge in [0, 0.05) is 18.7 Å². The first-order valence-corrected chi connectivity index (χ1v) is 6.01. The fourth-order valence-corrected chi connectivity index (χ4v) is 1.63. The van der Waals surface area contributed by atoms with E-state index >= 15 is 0 Å². The summed E-state index contributed by atoms with van der Waals surface area (Å²) in [5, 5.41) is 13.1. The molecule has 92 valence electrons. The van der Waals surface area contributed by atoms with Crippen LogP contribution in [0.5, 0.6) is 0 Å². The number of hydrogen-bond donors (Lipinski definition) is 2. The third-order valence-corrected chi connectivity index (χ3v) is 2.51. The molecule has 0 saturated heterocycles. The van der Waals surface area contributed by atoms with Gasteiger partial charge in [0.15, 0.2) is 0 Å². The van der Waals surface area contributed by atoms with Crippen molar-refractivity contribution >= 4 is 0 Å². The summed E-state index contributed by atoms with van der Waals surface area (Å²) in [6.45, 7) is 4.52. The van der Waals surface area contributed by atoms with E-state index in [4.69, 9.17) is 0 Å². The van der Waals surface area contributed by atoms with Gasteiger partial charge in [0.05, 0.1) is 6.10 Å². The summed E-state index contributed by atoms with van der Waals surface area (Å²) < 4.78 is 0. The number of benzene rings is 1. The van der Waals surface area contributed by atoms with Gasteiger partial charge in [-0.1, -0.05) is 42.5 Å². The van der Waals surface area contributed by atoms with Gasteiger partial charge in [-0.15, -0.1) is 0 Å². The van der Waals surface area contributed by atoms with Gasteiger partial charge < -0.3 is 10.4 Å². The molecule has 0 aliphatic heterocycles. The molecule has 1 atom stereocenters. The van der Waals surface area contributed by atoms with E-state index < -0.39 is 0 Å². The van der Waals surface area contributed by atoms with Crippen molar-refractivity contribution in [1.82, 2.24) is 5.32 Å². The van der Waals surface area contributed by atoms with Crippen LogP contribution < -0.4 is 5.32 Å². The van der Waals surface area contributed by atoms with E-state index in [0.29, 0.717) is 13.0 Å². The highest BCUT2D eigenvalue weighted by Crippen LogP contribution is 2.03. The van der Waals surface area contributed by atoms with Crippen molar-refractivity contribution in [3.05, 3.63) is 59.8 Å². The lowest BCUT2D eigenvalue weighted by Gasteiger charge is -2.13. The van der Waals surface area contributed by atoms with Crippen LogP contribution >= 0.6 is 0 Å². The Kier molecular flexibility index (Phi) is 6.12. The molecule has 0 radical (unpaired) electrons. The third kappa shape index (κ3) is 5.36. The highest BCUT2D eigenvalue weighted by atomic mass is 16.3. The molecular weight excluding hydrogens is 210 g/mol. The second-order valence-electron chi connectivity index (χ2n) is 3.97. The first kappa shape index (κ1) is 13.5. The summed E-state index contributed by atoms with van der Waals surface area (Å²) >= 11 is 0. The van der Waals surface area contributed by atoms with Crippen LogP contribution in [0.1, 0.15) is 19.4 Å². The summed E-state index contributed by atoms with van der Waals surface area (Å²) in [5.41, 5.74) is 2.20. The van der Waals surface area contributed by atoms with Crippen LogP contribution in [0, 0.1) is 0 Å². The molecule has 1 rings (SSSR count). The highest BCUT2D eigenvalue weighted by Gasteiger charge is 2.04. The maximum atomic E-state index is 9.90. The molecule has 17 heavy (non-hydrogen) atoms. The van der Waals surface area contributed by atoms with Gasteiger partial charge in [-0.2, -0.15) is 0 Å². The zero-order chi connectivity index (χ0) is 12.5. The first-order chi connectivity index (χ1) is 8.26. The van der Waals surface area contributed by atoms with Crippen molar-refractivity contribution in [3.63, 3.8) is 0 Å². The molecule has 0 aliphatic rings. The Morgan fingerprint density at radius 2 is 2.00 bits per heavy atom. The lowest BCUT2D eigenvalue weighted by Crippen LogP contribution is -2.27. The lowest BCUT2D eigenvalue weighted by molar-refractivity contribution is 0.175. The molecule has 0 aromatic heterocycles. The van der Waals surface area contributed by atoms with Gasteiger partial charge in [0.1, 0.15) is 0 Å². The van der Waals surface area contributed by atoms with Crippen molar-refractivity contribution in [2.75, 3.05) is 6.54 Å². The second kappa shape index (κ2) is 7.69. The molecule has 1 aromatic rings. The monoisotopic (exact) mass is 231 g/mol. The van der Waals surface area contributed by atoms with Crippen molar-refractivity contribution in [2.45, 2.75) is 26.4 Å². The van der Waals surface area contributed by atoms with Crippen LogP contribution in [0.3, 0.4) is 0 Å². The van der Waals surface area contributed by atoms with E-state index in [0.717, 1.165) is 11.3 Å². The van der Waals surface area contributed by atoms with Gasteiger partial charge in [0.2, 0.25) is 0 Å². The maximum Gasteiger partial charge on any atom is 0.0752 e. The molecule has 1 unspecified atom stereocenters. The van der Waals surface area contributed by atoms with Crippen LogP contribution in [-0.2, 0) is 6.42 Å². The normalized spacial score (nSPS) is 13.9. The quantitative estimate of drug-likeness (QED) is 0.738. The third-order valence-electron chi connectivity index (χ3n) is 2.51. The summed E-state index contributed by atoms with van der Waals surface area (Å²) in [7, 11) is 0. The van der Waals surface area contributed by atoms with E-state index in [9.17, 15) is 5.11 Å². The Morgan fingerprint density at radius 3 is 2.59 bits per heavy atom. The Morgan fingerprint density at radius 1 is 1.29 bits per heavy atom. The highest BCUT2D eigenvalue weighted by molar-refractivity contribution is 5.17. The van der Waals surface area contributed by atoms with Crippen LogP contribution in [0.4, 0.5) is 0 Å². The lowest BCUT2D eigenvalue weighted by atomic mass is 10.1. The predicted molar refractivity (Wildman–Crippen MR) is 72.7 cm³/mol. The van der Waals surface area contributed by atoms with Gasteiger partial charge in [0.25, 0.3) is 0 Å². The van der Waals surface area contributed by atoms with Gasteiger partial charge >= 0.3 is 0 Å². The molecule has 0 saturated carbocycles. The van der Waals surface area contributed by atoms with Crippen LogP contribution in [0.25, 0.3) is 0 Å². The molecule has 0 spiro atoms. The van der Waals surface area contributed by atoms with Crippen LogP contribution in [-0.4, -0.2) is 17.8 Å². The van der Waals surface area contributed by atoms with E-state index in [1.54, 1.807) is 0 Å². The summed E-state index contributed by atoms with van der Waals surface area (Å²) in [6, 6.07) is 10.0. The maximum absolute atomic E-state index is 9.90. The van der Waals surface area contributed by atoms with E-state index in [1.165, 1.54) is 0 Å². The Bertz CT molecular complexity index is 368. The zero-order valence-electron chi connectivity index (χ0n) is 10.6. The van der Waals surface area contributed by atoms with Gasteiger partial charge in [-0.05, 0) is 25.5 Å². The Balaban J connectivity index is 2.38. The predicted octanol–water partition coefficient (Wildman–Crippen LogP) is 2.66. The summed E-state index contributed by atoms with van der Waals surface area (Å²) in [6.07, 6.45) is 6.29. The van der Waals surface area contributed by atoms with Crippen molar-refractivity contribution in [2.24, 2.45) is 0 Å².